The number of hydrogen-bond donors (Lipinski definition) is 2. The van der Waals surface area contributed by atoms with E-state index < -0.39 is 4.92 Å². The first kappa shape index (κ1) is 13.1. The number of nitrogens with one attached hydrogen (secondary N) is 1. The highest BCUT2D eigenvalue weighted by atomic mass is 16.6. The van der Waals surface area contributed by atoms with Crippen LogP contribution >= 0.6 is 0 Å². The quantitative estimate of drug-likeness (QED) is 0.570. The number of carbonyl (C=O) groups excluding carboxylic acids is 1. The summed E-state index contributed by atoms with van der Waals surface area (Å²) in [6, 6.07) is 6.11. The van der Waals surface area contributed by atoms with Gasteiger partial charge in [-0.25, -0.2) is 0 Å². The van der Waals surface area contributed by atoms with Crippen molar-refractivity contribution < 1.29 is 14.8 Å². The highest BCUT2D eigenvalue weighted by Gasteiger charge is 2.06. The Morgan fingerprint density at radius 1 is 1.47 bits per heavy atom. The van der Waals surface area contributed by atoms with Gasteiger partial charge in [-0.05, 0) is 12.0 Å². The predicted molar refractivity (Wildman–Crippen MR) is 61.3 cm³/mol. The molecule has 6 nitrogen and oxygen atoms in total. The van der Waals surface area contributed by atoms with Crippen LogP contribution in [0.25, 0.3) is 0 Å². The van der Waals surface area contributed by atoms with E-state index in [1.54, 1.807) is 12.1 Å². The minimum absolute atomic E-state index is 0.00658. The molecule has 1 aromatic carbocycles. The highest BCUT2D eigenvalue weighted by Crippen LogP contribution is 2.12. The van der Waals surface area contributed by atoms with Crippen LogP contribution in [0.3, 0.4) is 0 Å². The van der Waals surface area contributed by atoms with Crippen molar-refractivity contribution in [2.24, 2.45) is 0 Å². The third-order valence-electron chi connectivity index (χ3n) is 2.17. The summed E-state index contributed by atoms with van der Waals surface area (Å²) < 4.78 is 0. The van der Waals surface area contributed by atoms with Gasteiger partial charge in [0.05, 0.1) is 4.92 Å². The molecule has 0 aliphatic carbocycles. The summed E-state index contributed by atoms with van der Waals surface area (Å²) in [4.78, 5) is 21.3. The fourth-order valence-corrected chi connectivity index (χ4v) is 1.31. The second-order valence-electron chi connectivity index (χ2n) is 3.53. The zero-order chi connectivity index (χ0) is 12.7. The van der Waals surface area contributed by atoms with Crippen molar-refractivity contribution in [1.29, 1.82) is 0 Å². The number of amides is 1. The molecule has 0 spiro atoms. The van der Waals surface area contributed by atoms with Gasteiger partial charge in [-0.15, -0.1) is 0 Å². The topological polar surface area (TPSA) is 92.5 Å². The second-order valence-corrected chi connectivity index (χ2v) is 3.53. The Balaban J connectivity index is 2.49. The molecule has 6 heteroatoms. The van der Waals surface area contributed by atoms with E-state index in [1.165, 1.54) is 12.1 Å². The molecule has 0 bridgehead atoms. The molecule has 0 aliphatic rings. The van der Waals surface area contributed by atoms with Gasteiger partial charge in [-0.1, -0.05) is 12.1 Å². The number of aliphatic hydroxyl groups excluding tert-OH is 1. The van der Waals surface area contributed by atoms with Crippen molar-refractivity contribution in [1.82, 2.24) is 5.32 Å². The van der Waals surface area contributed by atoms with E-state index >= 15 is 0 Å². The lowest BCUT2D eigenvalue weighted by Gasteiger charge is -2.04. The van der Waals surface area contributed by atoms with E-state index in [1.807, 2.05) is 0 Å². The molecule has 0 heterocycles. The first-order chi connectivity index (χ1) is 8.13. The van der Waals surface area contributed by atoms with Crippen molar-refractivity contribution in [3.63, 3.8) is 0 Å². The number of aliphatic hydroxyl groups is 1. The fourth-order valence-electron chi connectivity index (χ4n) is 1.31. The number of non-ortho nitro benzene ring substituents is 1. The largest absolute Gasteiger partial charge is 0.396 e. The van der Waals surface area contributed by atoms with E-state index in [4.69, 9.17) is 5.11 Å². The number of nitro groups is 1. The van der Waals surface area contributed by atoms with Crippen LogP contribution in [0.4, 0.5) is 5.69 Å². The number of hydrogen-bond acceptors (Lipinski definition) is 4. The Morgan fingerprint density at radius 2 is 2.24 bits per heavy atom. The Kier molecular flexibility index (Phi) is 5.09. The van der Waals surface area contributed by atoms with Crippen LogP contribution in [-0.2, 0) is 11.3 Å². The van der Waals surface area contributed by atoms with Gasteiger partial charge < -0.3 is 10.4 Å². The third-order valence-corrected chi connectivity index (χ3v) is 2.17. The van der Waals surface area contributed by atoms with Crippen LogP contribution in [0.1, 0.15) is 18.4 Å². The Bertz CT molecular complexity index is 406. The molecule has 0 saturated heterocycles. The molecule has 0 radical (unpaired) electrons. The summed E-state index contributed by atoms with van der Waals surface area (Å²) in [5.74, 6) is -0.175. The molecule has 0 atom stereocenters. The van der Waals surface area contributed by atoms with E-state index in [0.29, 0.717) is 12.0 Å². The van der Waals surface area contributed by atoms with Gasteiger partial charge >= 0.3 is 0 Å². The Labute approximate surface area is 98.4 Å². The molecule has 2 N–H and O–H groups in total. The summed E-state index contributed by atoms with van der Waals surface area (Å²) in [7, 11) is 0. The van der Waals surface area contributed by atoms with Gasteiger partial charge in [0.15, 0.2) is 0 Å². The second kappa shape index (κ2) is 6.59. The van der Waals surface area contributed by atoms with Crippen molar-refractivity contribution in [3.05, 3.63) is 39.9 Å². The molecular weight excluding hydrogens is 224 g/mol. The van der Waals surface area contributed by atoms with Gasteiger partial charge in [0.1, 0.15) is 0 Å². The standard InChI is InChI=1S/C11H14N2O4/c14-6-2-5-11(15)12-8-9-3-1-4-10(7-9)13(16)17/h1,3-4,7,14H,2,5-6,8H2,(H,12,15). The molecule has 92 valence electrons. The molecule has 17 heavy (non-hydrogen) atoms. The average molecular weight is 238 g/mol. The molecule has 0 aliphatic heterocycles. The molecule has 1 aromatic rings. The summed E-state index contributed by atoms with van der Waals surface area (Å²) >= 11 is 0. The number of carbonyl (C=O) groups is 1. The first-order valence-corrected chi connectivity index (χ1v) is 5.24. The van der Waals surface area contributed by atoms with Gasteiger partial charge in [0.2, 0.25) is 5.91 Å². The minimum atomic E-state index is -0.475. The molecule has 1 amide bonds. The lowest BCUT2D eigenvalue weighted by Crippen LogP contribution is -2.22. The fraction of sp³-hybridized carbons (Fsp3) is 0.364. The lowest BCUT2D eigenvalue weighted by atomic mass is 10.2. The minimum Gasteiger partial charge on any atom is -0.396 e. The maximum absolute atomic E-state index is 11.2. The van der Waals surface area contributed by atoms with Gasteiger partial charge in [0, 0.05) is 31.7 Å². The SMILES string of the molecule is O=C(CCCO)NCc1cccc([N+](=O)[O-])c1. The zero-order valence-corrected chi connectivity index (χ0v) is 9.26. The number of nitrogens with zero attached hydrogens (tertiary/aromatic N) is 1. The maximum Gasteiger partial charge on any atom is 0.269 e. The van der Waals surface area contributed by atoms with Crippen LogP contribution < -0.4 is 5.32 Å². The Hall–Kier alpha value is -1.95. The molecule has 0 unspecified atom stereocenters. The average Bonchev–Trinajstić information content (AvgIpc) is 2.34. The molecule has 1 rings (SSSR count). The van der Waals surface area contributed by atoms with Gasteiger partial charge in [-0.2, -0.15) is 0 Å². The van der Waals surface area contributed by atoms with Crippen LogP contribution in [0.2, 0.25) is 0 Å². The first-order valence-electron chi connectivity index (χ1n) is 5.24. The van der Waals surface area contributed by atoms with E-state index in [-0.39, 0.29) is 31.2 Å². The normalized spacial score (nSPS) is 9.94. The van der Waals surface area contributed by atoms with E-state index in [9.17, 15) is 14.9 Å². The van der Waals surface area contributed by atoms with Crippen LogP contribution in [0.15, 0.2) is 24.3 Å². The Morgan fingerprint density at radius 3 is 2.88 bits per heavy atom. The third kappa shape index (κ3) is 4.60. The van der Waals surface area contributed by atoms with Crippen LogP contribution in [0.5, 0.6) is 0 Å². The maximum atomic E-state index is 11.2. The summed E-state index contributed by atoms with van der Waals surface area (Å²) in [6.45, 7) is 0.232. The van der Waals surface area contributed by atoms with Crippen molar-refractivity contribution in [2.45, 2.75) is 19.4 Å². The zero-order valence-electron chi connectivity index (χ0n) is 9.26. The summed E-state index contributed by atoms with van der Waals surface area (Å²) in [6.07, 6.45) is 0.673. The van der Waals surface area contributed by atoms with E-state index in [0.717, 1.165) is 0 Å². The molecular formula is C11H14N2O4. The van der Waals surface area contributed by atoms with Crippen LogP contribution in [-0.4, -0.2) is 22.5 Å². The van der Waals surface area contributed by atoms with E-state index in [2.05, 4.69) is 5.32 Å². The number of rotatable bonds is 6. The van der Waals surface area contributed by atoms with Gasteiger partial charge in [-0.3, -0.25) is 14.9 Å². The number of benzene rings is 1. The summed E-state index contributed by atoms with van der Waals surface area (Å²) in [5, 5.41) is 21.7. The lowest BCUT2D eigenvalue weighted by molar-refractivity contribution is -0.384. The van der Waals surface area contributed by atoms with Crippen molar-refractivity contribution >= 4 is 11.6 Å². The predicted octanol–water partition coefficient (Wildman–Crippen LogP) is 0.983. The molecule has 0 saturated carbocycles. The summed E-state index contributed by atoms with van der Waals surface area (Å²) in [5.41, 5.74) is 0.684. The number of nitro benzene ring substituents is 1. The highest BCUT2D eigenvalue weighted by molar-refractivity contribution is 5.75. The van der Waals surface area contributed by atoms with Crippen molar-refractivity contribution in [2.75, 3.05) is 6.61 Å². The van der Waals surface area contributed by atoms with Gasteiger partial charge in [0.25, 0.3) is 5.69 Å². The molecule has 0 fully saturated rings. The van der Waals surface area contributed by atoms with Crippen LogP contribution in [0, 0.1) is 10.1 Å². The molecule has 0 aromatic heterocycles. The van der Waals surface area contributed by atoms with Crippen molar-refractivity contribution in [3.8, 4) is 0 Å². The monoisotopic (exact) mass is 238 g/mol. The smallest absolute Gasteiger partial charge is 0.269 e.